The summed E-state index contributed by atoms with van der Waals surface area (Å²) in [6.45, 7) is 6.45. The number of carbonyl (C=O) groups excluding carboxylic acids is 1. The van der Waals surface area contributed by atoms with Crippen molar-refractivity contribution in [3.63, 3.8) is 0 Å². The van der Waals surface area contributed by atoms with Crippen LogP contribution < -0.4 is 5.56 Å². The molecule has 2 aromatic heterocycles. The minimum atomic E-state index is -0.276. The number of aromatic nitrogens is 2. The number of carbonyl (C=O) groups is 1. The number of hydrogen-bond acceptors (Lipinski definition) is 6. The van der Waals surface area contributed by atoms with Crippen LogP contribution in [-0.2, 0) is 9.53 Å². The van der Waals surface area contributed by atoms with Gasteiger partial charge in [0.1, 0.15) is 4.83 Å². The summed E-state index contributed by atoms with van der Waals surface area (Å²) < 4.78 is 5.13. The Kier molecular flexibility index (Phi) is 6.02. The molecule has 0 amide bonds. The number of aryl methyl sites for hydroxylation is 2. The Morgan fingerprint density at radius 2 is 2.14 bits per heavy atom. The molecule has 0 aliphatic heterocycles. The van der Waals surface area contributed by atoms with E-state index in [0.29, 0.717) is 17.1 Å². The number of fused-ring (bicyclic) bond motifs is 1. The summed E-state index contributed by atoms with van der Waals surface area (Å²) in [5.41, 5.74) is 0.825. The summed E-state index contributed by atoms with van der Waals surface area (Å²) in [4.78, 5) is 32.7. The first-order valence-electron chi connectivity index (χ1n) is 7.31. The summed E-state index contributed by atoms with van der Waals surface area (Å²) >= 11 is 2.70. The molecule has 0 atom stereocenters. The zero-order valence-electron chi connectivity index (χ0n) is 13.0. The van der Waals surface area contributed by atoms with Crippen LogP contribution in [-0.4, -0.2) is 28.3 Å². The van der Waals surface area contributed by atoms with E-state index in [1.54, 1.807) is 0 Å². The summed E-state index contributed by atoms with van der Waals surface area (Å²) in [5.74, 6) is -0.119. The highest BCUT2D eigenvalue weighted by Crippen LogP contribution is 2.27. The molecule has 7 heteroatoms. The second-order valence-corrected chi connectivity index (χ2v) is 7.22. The third-order valence-electron chi connectivity index (χ3n) is 3.36. The number of unbranched alkanes of at least 4 members (excludes halogenated alkanes) is 2. The van der Waals surface area contributed by atoms with Gasteiger partial charge in [-0.1, -0.05) is 31.5 Å². The number of thioether (sulfide) groups is 1. The van der Waals surface area contributed by atoms with E-state index in [9.17, 15) is 9.59 Å². The largest absolute Gasteiger partial charge is 0.465 e. The molecular formula is C15H20N2O3S2. The molecule has 1 N–H and O–H groups in total. The van der Waals surface area contributed by atoms with Crippen molar-refractivity contribution in [3.05, 3.63) is 20.8 Å². The van der Waals surface area contributed by atoms with Crippen molar-refractivity contribution >= 4 is 39.3 Å². The Morgan fingerprint density at radius 1 is 1.36 bits per heavy atom. The average Bonchev–Trinajstić information content (AvgIpc) is 2.77. The van der Waals surface area contributed by atoms with Gasteiger partial charge in [-0.15, -0.1) is 11.3 Å². The maximum atomic E-state index is 12.1. The van der Waals surface area contributed by atoms with Crippen molar-refractivity contribution < 1.29 is 9.53 Å². The van der Waals surface area contributed by atoms with Gasteiger partial charge in [0.25, 0.3) is 5.56 Å². The van der Waals surface area contributed by atoms with Gasteiger partial charge in [0, 0.05) is 4.88 Å². The Morgan fingerprint density at radius 3 is 2.86 bits per heavy atom. The monoisotopic (exact) mass is 340 g/mol. The molecule has 2 rings (SSSR count). The number of nitrogens with zero attached hydrogens (tertiary/aromatic N) is 1. The summed E-state index contributed by atoms with van der Waals surface area (Å²) in [6.07, 6.45) is 3.04. The molecule has 0 fully saturated rings. The lowest BCUT2D eigenvalue weighted by atomic mass is 10.2. The van der Waals surface area contributed by atoms with E-state index in [-0.39, 0.29) is 17.3 Å². The molecule has 2 heterocycles. The topological polar surface area (TPSA) is 72.0 Å². The lowest BCUT2D eigenvalue weighted by molar-refractivity contribution is -0.140. The lowest BCUT2D eigenvalue weighted by Gasteiger charge is -2.04. The molecule has 22 heavy (non-hydrogen) atoms. The van der Waals surface area contributed by atoms with Crippen molar-refractivity contribution in [3.8, 4) is 0 Å². The maximum absolute atomic E-state index is 12.1. The van der Waals surface area contributed by atoms with E-state index in [1.807, 2.05) is 13.8 Å². The first-order valence-corrected chi connectivity index (χ1v) is 9.11. The highest BCUT2D eigenvalue weighted by atomic mass is 32.2. The van der Waals surface area contributed by atoms with E-state index >= 15 is 0 Å². The molecule has 5 nitrogen and oxygen atoms in total. The van der Waals surface area contributed by atoms with Crippen LogP contribution in [0.3, 0.4) is 0 Å². The van der Waals surface area contributed by atoms with Gasteiger partial charge in [-0.3, -0.25) is 9.59 Å². The molecular weight excluding hydrogens is 320 g/mol. The number of esters is 1. The van der Waals surface area contributed by atoms with Gasteiger partial charge >= 0.3 is 5.97 Å². The minimum absolute atomic E-state index is 0.148. The van der Waals surface area contributed by atoms with Crippen LogP contribution in [0.2, 0.25) is 0 Å². The van der Waals surface area contributed by atoms with Gasteiger partial charge in [0.05, 0.1) is 17.7 Å². The number of nitrogens with one attached hydrogen (secondary N) is 1. The van der Waals surface area contributed by atoms with Crippen LogP contribution in [0.25, 0.3) is 10.2 Å². The van der Waals surface area contributed by atoms with Crippen LogP contribution in [0.5, 0.6) is 0 Å². The standard InChI is InChI=1S/C15H20N2O3S2/c1-4-5-6-7-20-11(18)8-21-15-16-13(19)12-9(2)10(3)22-14(12)17-15/h4-8H2,1-3H3,(H,16,17,19). The van der Waals surface area contributed by atoms with Crippen LogP contribution in [0.1, 0.15) is 36.6 Å². The smallest absolute Gasteiger partial charge is 0.316 e. The number of ether oxygens (including phenoxy) is 1. The quantitative estimate of drug-likeness (QED) is 0.362. The van der Waals surface area contributed by atoms with Gasteiger partial charge in [0.2, 0.25) is 0 Å². The number of rotatable bonds is 7. The molecule has 2 aromatic rings. The van der Waals surface area contributed by atoms with Gasteiger partial charge < -0.3 is 9.72 Å². The fourth-order valence-electron chi connectivity index (χ4n) is 2.01. The molecule has 0 bridgehead atoms. The molecule has 0 aromatic carbocycles. The van der Waals surface area contributed by atoms with Crippen molar-refractivity contribution in [1.29, 1.82) is 0 Å². The Bertz CT molecular complexity index is 721. The molecule has 0 spiro atoms. The van der Waals surface area contributed by atoms with Crippen LogP contribution >= 0.6 is 23.1 Å². The number of aromatic amines is 1. The number of hydrogen-bond donors (Lipinski definition) is 1. The third-order valence-corrected chi connectivity index (χ3v) is 5.30. The van der Waals surface area contributed by atoms with E-state index < -0.39 is 0 Å². The van der Waals surface area contributed by atoms with Crippen molar-refractivity contribution in [1.82, 2.24) is 9.97 Å². The zero-order valence-corrected chi connectivity index (χ0v) is 14.7. The van der Waals surface area contributed by atoms with E-state index in [1.165, 1.54) is 23.1 Å². The Balaban J connectivity index is 1.98. The normalized spacial score (nSPS) is 11.0. The second kappa shape index (κ2) is 7.78. The first kappa shape index (κ1) is 17.0. The summed E-state index contributed by atoms with van der Waals surface area (Å²) in [7, 11) is 0. The molecule has 0 saturated heterocycles. The number of H-pyrrole nitrogens is 1. The van der Waals surface area contributed by atoms with Crippen LogP contribution in [0.4, 0.5) is 0 Å². The van der Waals surface area contributed by atoms with Gasteiger partial charge in [0.15, 0.2) is 5.16 Å². The predicted molar refractivity (Wildman–Crippen MR) is 90.9 cm³/mol. The average molecular weight is 340 g/mol. The second-order valence-electron chi connectivity index (χ2n) is 5.05. The zero-order chi connectivity index (χ0) is 16.1. The minimum Gasteiger partial charge on any atom is -0.465 e. The predicted octanol–water partition coefficient (Wildman–Crippen LogP) is 3.43. The van der Waals surface area contributed by atoms with E-state index in [2.05, 4.69) is 16.9 Å². The van der Waals surface area contributed by atoms with Crippen LogP contribution in [0, 0.1) is 13.8 Å². The molecule has 0 unspecified atom stereocenters. The molecule has 0 aliphatic rings. The van der Waals surface area contributed by atoms with E-state index in [4.69, 9.17) is 4.74 Å². The lowest BCUT2D eigenvalue weighted by Crippen LogP contribution is -2.12. The Labute approximate surface area is 137 Å². The molecule has 120 valence electrons. The summed E-state index contributed by atoms with van der Waals surface area (Å²) in [5, 5.41) is 1.11. The third kappa shape index (κ3) is 4.10. The maximum Gasteiger partial charge on any atom is 0.316 e. The SMILES string of the molecule is CCCCCOC(=O)CSc1nc2sc(C)c(C)c2c(=O)[nH]1. The molecule has 0 saturated carbocycles. The highest BCUT2D eigenvalue weighted by Gasteiger charge is 2.13. The first-order chi connectivity index (χ1) is 10.5. The summed E-state index contributed by atoms with van der Waals surface area (Å²) in [6, 6.07) is 0. The van der Waals surface area contributed by atoms with Gasteiger partial charge in [-0.2, -0.15) is 0 Å². The highest BCUT2D eigenvalue weighted by molar-refractivity contribution is 7.99. The van der Waals surface area contributed by atoms with Gasteiger partial charge in [-0.25, -0.2) is 4.98 Å². The fourth-order valence-corrected chi connectivity index (χ4v) is 3.76. The Hall–Kier alpha value is -1.34. The van der Waals surface area contributed by atoms with Crippen molar-refractivity contribution in [2.24, 2.45) is 0 Å². The van der Waals surface area contributed by atoms with E-state index in [0.717, 1.165) is 34.5 Å². The van der Waals surface area contributed by atoms with Gasteiger partial charge in [-0.05, 0) is 25.8 Å². The molecule has 0 radical (unpaired) electrons. The number of thiophene rings is 1. The van der Waals surface area contributed by atoms with Crippen molar-refractivity contribution in [2.45, 2.75) is 45.2 Å². The van der Waals surface area contributed by atoms with Crippen LogP contribution in [0.15, 0.2) is 9.95 Å². The van der Waals surface area contributed by atoms with Crippen molar-refractivity contribution in [2.75, 3.05) is 12.4 Å². The molecule has 0 aliphatic carbocycles. The fraction of sp³-hybridized carbons (Fsp3) is 0.533.